The zero-order valence-corrected chi connectivity index (χ0v) is 10.1. The number of rotatable bonds is 1. The molecule has 0 radical (unpaired) electrons. The predicted octanol–water partition coefficient (Wildman–Crippen LogP) is 3.61. The van der Waals surface area contributed by atoms with E-state index in [1.54, 1.807) is 0 Å². The summed E-state index contributed by atoms with van der Waals surface area (Å²) in [6.07, 6.45) is 2.22. The van der Waals surface area contributed by atoms with Crippen LogP contribution in [0, 0.1) is 6.92 Å². The van der Waals surface area contributed by atoms with Crippen molar-refractivity contribution in [3.8, 4) is 11.1 Å². The Kier molecular flexibility index (Phi) is 2.49. The Hall–Kier alpha value is -1.60. The third-order valence-electron chi connectivity index (χ3n) is 3.62. The second-order valence-electron chi connectivity index (χ2n) is 4.93. The van der Waals surface area contributed by atoms with Crippen LogP contribution >= 0.6 is 0 Å². The lowest BCUT2D eigenvalue weighted by Gasteiger charge is -2.08. The Morgan fingerprint density at radius 2 is 1.88 bits per heavy atom. The maximum Gasteiger partial charge on any atom is 0.0300 e. The number of benzene rings is 2. The van der Waals surface area contributed by atoms with Crippen LogP contribution in [0.25, 0.3) is 11.1 Å². The Morgan fingerprint density at radius 1 is 1.06 bits per heavy atom. The standard InChI is InChI=1S/C16H17N/c1-11-3-2-4-13(9-11)14-6-5-12-7-8-16(17)15(12)10-14/h2-6,9-10,16H,7-8,17H2,1H3. The fourth-order valence-electron chi connectivity index (χ4n) is 2.64. The van der Waals surface area contributed by atoms with Gasteiger partial charge in [-0.3, -0.25) is 0 Å². The highest BCUT2D eigenvalue weighted by atomic mass is 14.6. The quantitative estimate of drug-likeness (QED) is 0.785. The average Bonchev–Trinajstić information content (AvgIpc) is 2.71. The first kappa shape index (κ1) is 10.5. The normalized spacial score (nSPS) is 18.1. The van der Waals surface area contributed by atoms with Gasteiger partial charge in [-0.15, -0.1) is 0 Å². The molecule has 1 nitrogen and oxygen atoms in total. The van der Waals surface area contributed by atoms with Gasteiger partial charge in [0.15, 0.2) is 0 Å². The monoisotopic (exact) mass is 223 g/mol. The zero-order chi connectivity index (χ0) is 11.8. The SMILES string of the molecule is Cc1cccc(-c2ccc3c(c2)C(N)CC3)c1. The lowest BCUT2D eigenvalue weighted by molar-refractivity contribution is 0.713. The Balaban J connectivity index is 2.08. The van der Waals surface area contributed by atoms with Crippen molar-refractivity contribution < 1.29 is 0 Å². The summed E-state index contributed by atoms with van der Waals surface area (Å²) >= 11 is 0. The summed E-state index contributed by atoms with van der Waals surface area (Å²) in [5, 5.41) is 0. The van der Waals surface area contributed by atoms with Crippen LogP contribution in [-0.2, 0) is 6.42 Å². The number of hydrogen-bond donors (Lipinski definition) is 1. The molecule has 17 heavy (non-hydrogen) atoms. The van der Waals surface area contributed by atoms with Crippen LogP contribution in [0.5, 0.6) is 0 Å². The molecule has 86 valence electrons. The molecule has 1 aliphatic rings. The summed E-state index contributed by atoms with van der Waals surface area (Å²) < 4.78 is 0. The molecule has 0 aliphatic heterocycles. The largest absolute Gasteiger partial charge is 0.324 e. The minimum Gasteiger partial charge on any atom is -0.324 e. The van der Waals surface area contributed by atoms with Gasteiger partial charge in [0.25, 0.3) is 0 Å². The first-order chi connectivity index (χ1) is 8.24. The maximum absolute atomic E-state index is 6.12. The smallest absolute Gasteiger partial charge is 0.0300 e. The summed E-state index contributed by atoms with van der Waals surface area (Å²) in [5.41, 5.74) is 12.7. The van der Waals surface area contributed by atoms with Gasteiger partial charge < -0.3 is 5.73 Å². The van der Waals surface area contributed by atoms with Crippen molar-refractivity contribution in [1.29, 1.82) is 0 Å². The minimum absolute atomic E-state index is 0.231. The summed E-state index contributed by atoms with van der Waals surface area (Å²) in [4.78, 5) is 0. The number of aryl methyl sites for hydroxylation is 2. The second kappa shape index (κ2) is 4.01. The fourth-order valence-corrected chi connectivity index (χ4v) is 2.64. The molecule has 2 aromatic rings. The van der Waals surface area contributed by atoms with Crippen LogP contribution in [0.1, 0.15) is 29.2 Å². The van der Waals surface area contributed by atoms with Gasteiger partial charge >= 0.3 is 0 Å². The molecule has 0 saturated carbocycles. The van der Waals surface area contributed by atoms with E-state index in [1.165, 1.54) is 27.8 Å². The summed E-state index contributed by atoms with van der Waals surface area (Å²) in [6.45, 7) is 2.13. The van der Waals surface area contributed by atoms with Crippen LogP contribution in [0.4, 0.5) is 0 Å². The van der Waals surface area contributed by atoms with Crippen LogP contribution in [0.3, 0.4) is 0 Å². The molecule has 1 aliphatic carbocycles. The van der Waals surface area contributed by atoms with E-state index in [4.69, 9.17) is 5.73 Å². The molecule has 1 atom stereocenters. The van der Waals surface area contributed by atoms with Gasteiger partial charge in [0.05, 0.1) is 0 Å². The van der Waals surface area contributed by atoms with Crippen molar-refractivity contribution >= 4 is 0 Å². The molecule has 2 N–H and O–H groups in total. The highest BCUT2D eigenvalue weighted by Crippen LogP contribution is 2.33. The first-order valence-corrected chi connectivity index (χ1v) is 6.19. The highest BCUT2D eigenvalue weighted by Gasteiger charge is 2.19. The molecule has 1 unspecified atom stereocenters. The molecule has 0 saturated heterocycles. The number of nitrogens with two attached hydrogens (primary N) is 1. The zero-order valence-electron chi connectivity index (χ0n) is 10.1. The summed E-state index contributed by atoms with van der Waals surface area (Å²) in [7, 11) is 0. The van der Waals surface area contributed by atoms with E-state index in [2.05, 4.69) is 49.4 Å². The lowest BCUT2D eigenvalue weighted by atomic mass is 9.98. The molecular formula is C16H17N. The molecule has 0 heterocycles. The van der Waals surface area contributed by atoms with Crippen LogP contribution in [0.2, 0.25) is 0 Å². The Bertz CT molecular complexity index is 557. The van der Waals surface area contributed by atoms with Crippen LogP contribution in [0.15, 0.2) is 42.5 Å². The highest BCUT2D eigenvalue weighted by molar-refractivity contribution is 5.66. The molecule has 0 spiro atoms. The van der Waals surface area contributed by atoms with Gasteiger partial charge in [-0.05, 0) is 48.1 Å². The Morgan fingerprint density at radius 3 is 2.71 bits per heavy atom. The van der Waals surface area contributed by atoms with Crippen LogP contribution in [-0.4, -0.2) is 0 Å². The molecule has 0 bridgehead atoms. The van der Waals surface area contributed by atoms with Crippen molar-refractivity contribution in [3.63, 3.8) is 0 Å². The molecule has 0 amide bonds. The van der Waals surface area contributed by atoms with E-state index in [0.717, 1.165) is 12.8 Å². The minimum atomic E-state index is 0.231. The maximum atomic E-state index is 6.12. The summed E-state index contributed by atoms with van der Waals surface area (Å²) in [5.74, 6) is 0. The van der Waals surface area contributed by atoms with Gasteiger partial charge in [0.1, 0.15) is 0 Å². The number of hydrogen-bond acceptors (Lipinski definition) is 1. The molecule has 1 heteroatoms. The number of fused-ring (bicyclic) bond motifs is 1. The van der Waals surface area contributed by atoms with Gasteiger partial charge in [-0.25, -0.2) is 0 Å². The third kappa shape index (κ3) is 1.87. The van der Waals surface area contributed by atoms with E-state index >= 15 is 0 Å². The van der Waals surface area contributed by atoms with Gasteiger partial charge in [-0.1, -0.05) is 42.0 Å². The van der Waals surface area contributed by atoms with E-state index < -0.39 is 0 Å². The third-order valence-corrected chi connectivity index (χ3v) is 3.62. The van der Waals surface area contributed by atoms with E-state index in [-0.39, 0.29) is 6.04 Å². The van der Waals surface area contributed by atoms with E-state index in [1.807, 2.05) is 0 Å². The van der Waals surface area contributed by atoms with Crippen molar-refractivity contribution in [2.75, 3.05) is 0 Å². The molecular weight excluding hydrogens is 206 g/mol. The van der Waals surface area contributed by atoms with Crippen molar-refractivity contribution in [3.05, 3.63) is 59.2 Å². The van der Waals surface area contributed by atoms with Crippen molar-refractivity contribution in [2.45, 2.75) is 25.8 Å². The Labute approximate surface area is 102 Å². The molecule has 0 aromatic heterocycles. The van der Waals surface area contributed by atoms with Gasteiger partial charge in [0.2, 0.25) is 0 Å². The summed E-state index contributed by atoms with van der Waals surface area (Å²) in [6, 6.07) is 15.6. The first-order valence-electron chi connectivity index (χ1n) is 6.19. The van der Waals surface area contributed by atoms with Crippen molar-refractivity contribution in [2.24, 2.45) is 5.73 Å². The molecule has 2 aromatic carbocycles. The van der Waals surface area contributed by atoms with E-state index in [9.17, 15) is 0 Å². The van der Waals surface area contributed by atoms with Gasteiger partial charge in [0, 0.05) is 6.04 Å². The molecule has 3 rings (SSSR count). The van der Waals surface area contributed by atoms with Crippen LogP contribution < -0.4 is 5.73 Å². The fraction of sp³-hybridized carbons (Fsp3) is 0.250. The molecule has 0 fully saturated rings. The van der Waals surface area contributed by atoms with E-state index in [0.29, 0.717) is 0 Å². The van der Waals surface area contributed by atoms with Gasteiger partial charge in [-0.2, -0.15) is 0 Å². The second-order valence-corrected chi connectivity index (χ2v) is 4.93. The van der Waals surface area contributed by atoms with Crippen molar-refractivity contribution in [1.82, 2.24) is 0 Å². The predicted molar refractivity (Wildman–Crippen MR) is 71.9 cm³/mol. The average molecular weight is 223 g/mol. The topological polar surface area (TPSA) is 26.0 Å². The lowest BCUT2D eigenvalue weighted by Crippen LogP contribution is -2.05.